The van der Waals surface area contributed by atoms with Crippen LogP contribution in [-0.4, -0.2) is 19.7 Å². The summed E-state index contributed by atoms with van der Waals surface area (Å²) in [7, 11) is 0. The second kappa shape index (κ2) is 7.39. The number of ether oxygens (including phenoxy) is 1. The summed E-state index contributed by atoms with van der Waals surface area (Å²) in [6.07, 6.45) is 2.57. The summed E-state index contributed by atoms with van der Waals surface area (Å²) in [5, 5.41) is 3.43. The van der Waals surface area contributed by atoms with Crippen molar-refractivity contribution in [2.75, 3.05) is 19.7 Å². The molecule has 2 aromatic carbocycles. The fraction of sp³-hybridized carbons (Fsp3) is 0.368. The summed E-state index contributed by atoms with van der Waals surface area (Å²) < 4.78 is 5.86. The highest BCUT2D eigenvalue weighted by atomic mass is 16.5. The lowest BCUT2D eigenvalue weighted by atomic mass is 10.0. The van der Waals surface area contributed by atoms with Crippen molar-refractivity contribution in [2.24, 2.45) is 5.92 Å². The van der Waals surface area contributed by atoms with Crippen LogP contribution in [0.2, 0.25) is 0 Å². The van der Waals surface area contributed by atoms with Gasteiger partial charge in [0.15, 0.2) is 0 Å². The van der Waals surface area contributed by atoms with Crippen molar-refractivity contribution >= 4 is 0 Å². The van der Waals surface area contributed by atoms with Crippen LogP contribution in [0.4, 0.5) is 0 Å². The molecule has 110 valence electrons. The second-order valence-corrected chi connectivity index (χ2v) is 5.79. The molecule has 0 radical (unpaired) electrons. The van der Waals surface area contributed by atoms with Crippen molar-refractivity contribution in [3.05, 3.63) is 60.2 Å². The van der Waals surface area contributed by atoms with Crippen LogP contribution in [0.25, 0.3) is 11.1 Å². The van der Waals surface area contributed by atoms with Gasteiger partial charge in [-0.25, -0.2) is 0 Å². The third-order valence-corrected chi connectivity index (χ3v) is 4.08. The molecule has 0 aliphatic carbocycles. The molecule has 2 nitrogen and oxygen atoms in total. The number of benzene rings is 2. The molecule has 0 amide bonds. The molecule has 0 bridgehead atoms. The van der Waals surface area contributed by atoms with Crippen LogP contribution in [0, 0.1) is 5.92 Å². The molecular weight excluding hydrogens is 258 g/mol. The molecule has 1 saturated heterocycles. The normalized spacial score (nSPS) is 18.6. The fourth-order valence-corrected chi connectivity index (χ4v) is 2.83. The zero-order valence-electron chi connectivity index (χ0n) is 12.4. The first-order valence-corrected chi connectivity index (χ1v) is 7.84. The highest BCUT2D eigenvalue weighted by Gasteiger charge is 2.12. The van der Waals surface area contributed by atoms with Crippen LogP contribution >= 0.6 is 0 Å². The SMILES string of the molecule is c1ccc(-c2ccc(COCC3CCCNC3)cc2)cc1. The van der Waals surface area contributed by atoms with E-state index in [0.29, 0.717) is 12.5 Å². The molecule has 1 N–H and O–H groups in total. The maximum Gasteiger partial charge on any atom is 0.0717 e. The first-order chi connectivity index (χ1) is 10.4. The lowest BCUT2D eigenvalue weighted by molar-refractivity contribution is 0.0783. The monoisotopic (exact) mass is 281 g/mol. The molecule has 2 heteroatoms. The van der Waals surface area contributed by atoms with Crippen LogP contribution in [-0.2, 0) is 11.3 Å². The minimum atomic E-state index is 0.683. The van der Waals surface area contributed by atoms with E-state index in [2.05, 4.69) is 53.8 Å². The fourth-order valence-electron chi connectivity index (χ4n) is 2.83. The largest absolute Gasteiger partial charge is 0.376 e. The Bertz CT molecular complexity index is 529. The van der Waals surface area contributed by atoms with Crippen molar-refractivity contribution in [2.45, 2.75) is 19.4 Å². The molecule has 0 spiro atoms. The Morgan fingerprint density at radius 1 is 0.952 bits per heavy atom. The van der Waals surface area contributed by atoms with E-state index in [-0.39, 0.29) is 0 Å². The van der Waals surface area contributed by atoms with Gasteiger partial charge in [-0.1, -0.05) is 54.6 Å². The first kappa shape index (κ1) is 14.3. The molecule has 1 unspecified atom stereocenters. The Kier molecular flexibility index (Phi) is 5.03. The van der Waals surface area contributed by atoms with Gasteiger partial charge in [-0.3, -0.25) is 0 Å². The number of hydrogen-bond donors (Lipinski definition) is 1. The molecule has 1 aliphatic rings. The Balaban J connectivity index is 1.50. The van der Waals surface area contributed by atoms with E-state index in [9.17, 15) is 0 Å². The standard InChI is InChI=1S/C19H23NO/c1-2-6-18(7-3-1)19-10-8-16(9-11-19)14-21-15-17-5-4-12-20-13-17/h1-3,6-11,17,20H,4-5,12-15H2. The topological polar surface area (TPSA) is 21.3 Å². The summed E-state index contributed by atoms with van der Waals surface area (Å²) in [4.78, 5) is 0. The quantitative estimate of drug-likeness (QED) is 0.898. The maximum atomic E-state index is 5.86. The van der Waals surface area contributed by atoms with Gasteiger partial charge in [0.05, 0.1) is 13.2 Å². The van der Waals surface area contributed by atoms with Gasteiger partial charge in [0.2, 0.25) is 0 Å². The van der Waals surface area contributed by atoms with Crippen molar-refractivity contribution in [3.63, 3.8) is 0 Å². The minimum absolute atomic E-state index is 0.683. The maximum absolute atomic E-state index is 5.86. The van der Waals surface area contributed by atoms with Crippen molar-refractivity contribution in [1.29, 1.82) is 0 Å². The van der Waals surface area contributed by atoms with E-state index in [4.69, 9.17) is 4.74 Å². The zero-order chi connectivity index (χ0) is 14.3. The van der Waals surface area contributed by atoms with Crippen LogP contribution in [0.3, 0.4) is 0 Å². The molecule has 1 heterocycles. The number of nitrogens with one attached hydrogen (secondary N) is 1. The lowest BCUT2D eigenvalue weighted by Gasteiger charge is -2.22. The molecule has 0 aromatic heterocycles. The summed E-state index contributed by atoms with van der Waals surface area (Å²) in [6.45, 7) is 3.85. The van der Waals surface area contributed by atoms with Gasteiger partial charge >= 0.3 is 0 Å². The molecule has 1 aliphatic heterocycles. The van der Waals surface area contributed by atoms with Gasteiger partial charge in [-0.15, -0.1) is 0 Å². The van der Waals surface area contributed by atoms with Crippen LogP contribution in [0.15, 0.2) is 54.6 Å². The predicted octanol–water partition coefficient (Wildman–Crippen LogP) is 3.87. The number of piperidine rings is 1. The number of hydrogen-bond acceptors (Lipinski definition) is 2. The molecule has 3 rings (SSSR count). The highest BCUT2D eigenvalue weighted by molar-refractivity contribution is 5.63. The zero-order valence-corrected chi connectivity index (χ0v) is 12.4. The van der Waals surface area contributed by atoms with E-state index >= 15 is 0 Å². The lowest BCUT2D eigenvalue weighted by Crippen LogP contribution is -2.32. The average molecular weight is 281 g/mol. The van der Waals surface area contributed by atoms with Crippen LogP contribution in [0.1, 0.15) is 18.4 Å². The summed E-state index contributed by atoms with van der Waals surface area (Å²) in [5.41, 5.74) is 3.77. The molecule has 1 fully saturated rings. The highest BCUT2D eigenvalue weighted by Crippen LogP contribution is 2.19. The molecule has 2 aromatic rings. The van der Waals surface area contributed by atoms with Crippen LogP contribution < -0.4 is 5.32 Å². The van der Waals surface area contributed by atoms with Crippen molar-refractivity contribution < 1.29 is 4.74 Å². The Morgan fingerprint density at radius 2 is 1.71 bits per heavy atom. The Hall–Kier alpha value is -1.64. The average Bonchev–Trinajstić information content (AvgIpc) is 2.57. The third kappa shape index (κ3) is 4.16. The van der Waals surface area contributed by atoms with E-state index < -0.39 is 0 Å². The Labute approximate surface area is 127 Å². The van der Waals surface area contributed by atoms with E-state index in [0.717, 1.165) is 19.7 Å². The van der Waals surface area contributed by atoms with Gasteiger partial charge in [0.25, 0.3) is 0 Å². The summed E-state index contributed by atoms with van der Waals surface area (Å²) in [6, 6.07) is 19.2. The van der Waals surface area contributed by atoms with Crippen molar-refractivity contribution in [1.82, 2.24) is 5.32 Å². The molecular formula is C19H23NO. The van der Waals surface area contributed by atoms with Gasteiger partial charge in [0.1, 0.15) is 0 Å². The van der Waals surface area contributed by atoms with Gasteiger partial charge in [0, 0.05) is 6.54 Å². The first-order valence-electron chi connectivity index (χ1n) is 7.84. The molecule has 21 heavy (non-hydrogen) atoms. The summed E-state index contributed by atoms with van der Waals surface area (Å²) >= 11 is 0. The number of rotatable bonds is 5. The molecule has 0 saturated carbocycles. The van der Waals surface area contributed by atoms with Crippen LogP contribution in [0.5, 0.6) is 0 Å². The van der Waals surface area contributed by atoms with Gasteiger partial charge < -0.3 is 10.1 Å². The second-order valence-electron chi connectivity index (χ2n) is 5.79. The van der Waals surface area contributed by atoms with Crippen molar-refractivity contribution in [3.8, 4) is 11.1 Å². The smallest absolute Gasteiger partial charge is 0.0717 e. The minimum Gasteiger partial charge on any atom is -0.376 e. The third-order valence-electron chi connectivity index (χ3n) is 4.08. The molecule has 1 atom stereocenters. The predicted molar refractivity (Wildman–Crippen MR) is 87.1 cm³/mol. The Morgan fingerprint density at radius 3 is 2.43 bits per heavy atom. The van der Waals surface area contributed by atoms with Gasteiger partial charge in [-0.2, -0.15) is 0 Å². The summed E-state index contributed by atoms with van der Waals surface area (Å²) in [5.74, 6) is 0.683. The van der Waals surface area contributed by atoms with E-state index in [1.54, 1.807) is 0 Å². The van der Waals surface area contributed by atoms with E-state index in [1.807, 2.05) is 6.07 Å². The van der Waals surface area contributed by atoms with Gasteiger partial charge in [-0.05, 0) is 42.0 Å². The van der Waals surface area contributed by atoms with E-state index in [1.165, 1.54) is 29.5 Å².